The lowest BCUT2D eigenvalue weighted by molar-refractivity contribution is -0.141. The second kappa shape index (κ2) is 8.95. The molecule has 9 nitrogen and oxygen atoms in total. The Balaban J connectivity index is 1.99. The van der Waals surface area contributed by atoms with E-state index >= 15 is 0 Å². The van der Waals surface area contributed by atoms with Gasteiger partial charge in [-0.1, -0.05) is 35.9 Å². The first-order valence-corrected chi connectivity index (χ1v) is 10.6. The molecule has 0 unspecified atom stereocenters. The van der Waals surface area contributed by atoms with Crippen LogP contribution in [0.2, 0.25) is 0 Å². The highest BCUT2D eigenvalue weighted by Gasteiger charge is 2.25. The van der Waals surface area contributed by atoms with Crippen LogP contribution in [0.15, 0.2) is 53.7 Å². The van der Waals surface area contributed by atoms with Crippen molar-refractivity contribution < 1.29 is 22.7 Å². The summed E-state index contributed by atoms with van der Waals surface area (Å²) in [5.41, 5.74) is 2.24. The Hall–Kier alpha value is -3.40. The van der Waals surface area contributed by atoms with Crippen molar-refractivity contribution in [2.75, 3.05) is 17.9 Å². The van der Waals surface area contributed by atoms with E-state index in [1.54, 1.807) is 19.2 Å². The average Bonchev–Trinajstić information content (AvgIpc) is 3.01. The van der Waals surface area contributed by atoms with Gasteiger partial charge in [0.2, 0.25) is 5.88 Å². The van der Waals surface area contributed by atoms with Gasteiger partial charge in [0.15, 0.2) is 5.03 Å². The summed E-state index contributed by atoms with van der Waals surface area (Å²) in [6.45, 7) is 3.38. The number of hydrogen-bond donors (Lipinski definition) is 1. The smallest absolute Gasteiger partial charge is 0.302 e. The van der Waals surface area contributed by atoms with Gasteiger partial charge in [0.25, 0.3) is 10.0 Å². The Labute approximate surface area is 174 Å². The Bertz CT molecular complexity index is 1130. The fraction of sp³-hybridized carbons (Fsp3) is 0.250. The molecule has 2 aromatic heterocycles. The number of ether oxygens (including phenoxy) is 2. The summed E-state index contributed by atoms with van der Waals surface area (Å²) in [5, 5.41) is 4.20. The Morgan fingerprint density at radius 1 is 1.13 bits per heavy atom. The first kappa shape index (κ1) is 21.3. The number of esters is 1. The fourth-order valence-electron chi connectivity index (χ4n) is 2.71. The van der Waals surface area contributed by atoms with Gasteiger partial charge in [0.05, 0.1) is 5.56 Å². The molecule has 0 radical (unpaired) electrons. The molecule has 3 rings (SSSR count). The fourth-order valence-corrected chi connectivity index (χ4v) is 3.76. The highest BCUT2D eigenvalue weighted by molar-refractivity contribution is 7.92. The minimum absolute atomic E-state index is 0.0498. The predicted molar refractivity (Wildman–Crippen MR) is 111 cm³/mol. The lowest BCUT2D eigenvalue weighted by Crippen LogP contribution is -2.17. The summed E-state index contributed by atoms with van der Waals surface area (Å²) < 4.78 is 40.2. The third-order valence-electron chi connectivity index (χ3n) is 4.13. The first-order chi connectivity index (χ1) is 14.3. The highest BCUT2D eigenvalue weighted by Crippen LogP contribution is 2.37. The topological polar surface area (TPSA) is 112 Å². The number of sulfonamides is 1. The van der Waals surface area contributed by atoms with Crippen molar-refractivity contribution in [3.05, 3.63) is 54.2 Å². The molecule has 10 heteroatoms. The largest absolute Gasteiger partial charge is 0.472 e. The first-order valence-electron chi connectivity index (χ1n) is 9.12. The maximum absolute atomic E-state index is 12.8. The summed E-state index contributed by atoms with van der Waals surface area (Å²) in [6, 6.07) is 12.1. The van der Waals surface area contributed by atoms with Crippen molar-refractivity contribution in [1.29, 1.82) is 0 Å². The number of benzene rings is 1. The molecule has 0 fully saturated rings. The minimum atomic E-state index is -3.94. The molecular formula is C20H22N4O5S. The van der Waals surface area contributed by atoms with Crippen LogP contribution in [0.25, 0.3) is 11.1 Å². The molecule has 1 N–H and O–H groups in total. The lowest BCUT2D eigenvalue weighted by Gasteiger charge is -2.11. The molecule has 0 aliphatic rings. The number of aromatic nitrogens is 3. The van der Waals surface area contributed by atoms with E-state index in [0.29, 0.717) is 5.56 Å². The van der Waals surface area contributed by atoms with Gasteiger partial charge in [-0.25, -0.2) is 9.67 Å². The van der Waals surface area contributed by atoms with Crippen molar-refractivity contribution in [2.24, 2.45) is 7.05 Å². The molecule has 0 bridgehead atoms. The maximum atomic E-state index is 12.8. The Morgan fingerprint density at radius 3 is 2.50 bits per heavy atom. The summed E-state index contributed by atoms with van der Waals surface area (Å²) in [6.07, 6.45) is 1.41. The second-order valence-electron chi connectivity index (χ2n) is 6.48. The van der Waals surface area contributed by atoms with Crippen LogP contribution in [0.1, 0.15) is 12.5 Å². The Morgan fingerprint density at radius 2 is 1.87 bits per heavy atom. The molecule has 2 heterocycles. The van der Waals surface area contributed by atoms with Gasteiger partial charge in [0, 0.05) is 20.2 Å². The summed E-state index contributed by atoms with van der Waals surface area (Å²) >= 11 is 0. The van der Waals surface area contributed by atoms with Gasteiger partial charge < -0.3 is 9.47 Å². The molecule has 3 aromatic rings. The lowest BCUT2D eigenvalue weighted by atomic mass is 10.1. The molecule has 158 valence electrons. The van der Waals surface area contributed by atoms with Gasteiger partial charge in [0.1, 0.15) is 19.0 Å². The molecule has 0 atom stereocenters. The summed E-state index contributed by atoms with van der Waals surface area (Å²) in [7, 11) is -2.34. The van der Waals surface area contributed by atoms with Crippen LogP contribution in [0.3, 0.4) is 0 Å². The molecular weight excluding hydrogens is 408 g/mol. The van der Waals surface area contributed by atoms with Crippen LogP contribution in [0.5, 0.6) is 5.88 Å². The molecule has 0 saturated carbocycles. The van der Waals surface area contributed by atoms with Gasteiger partial charge >= 0.3 is 5.97 Å². The van der Waals surface area contributed by atoms with Crippen molar-refractivity contribution in [3.8, 4) is 17.0 Å². The molecule has 1 aromatic carbocycles. The zero-order valence-electron chi connectivity index (χ0n) is 16.8. The van der Waals surface area contributed by atoms with Crippen molar-refractivity contribution in [1.82, 2.24) is 14.8 Å². The number of nitrogens with one attached hydrogen (secondary N) is 1. The van der Waals surface area contributed by atoms with Crippen LogP contribution in [0, 0.1) is 6.92 Å². The average molecular weight is 430 g/mol. The van der Waals surface area contributed by atoms with E-state index in [-0.39, 0.29) is 29.9 Å². The van der Waals surface area contributed by atoms with E-state index in [9.17, 15) is 13.2 Å². The minimum Gasteiger partial charge on any atom is -0.472 e. The normalized spacial score (nSPS) is 11.2. The van der Waals surface area contributed by atoms with Gasteiger partial charge in [-0.2, -0.15) is 8.42 Å². The molecule has 0 spiro atoms. The molecule has 0 amide bonds. The van der Waals surface area contributed by atoms with Gasteiger partial charge in [-0.15, -0.1) is 5.10 Å². The van der Waals surface area contributed by atoms with Crippen LogP contribution in [-0.2, 0) is 26.6 Å². The van der Waals surface area contributed by atoms with Gasteiger partial charge in [-0.05, 0) is 24.6 Å². The van der Waals surface area contributed by atoms with Crippen LogP contribution in [0.4, 0.5) is 5.82 Å². The number of nitrogens with zero attached hydrogens (tertiary/aromatic N) is 3. The zero-order valence-corrected chi connectivity index (χ0v) is 17.6. The van der Waals surface area contributed by atoms with Crippen molar-refractivity contribution in [3.63, 3.8) is 0 Å². The standard InChI is InChI=1S/C20H22N4O5S/c1-14-7-9-16(10-8-14)18-19(23-30(26,27)17-6-4-5-11-21-17)24(3)22-20(18)29-13-12-28-15(2)25/h4-11,23H,12-13H2,1-3H3. The van der Waals surface area contributed by atoms with E-state index in [1.165, 1.54) is 23.9 Å². The Kier molecular flexibility index (Phi) is 6.36. The van der Waals surface area contributed by atoms with E-state index in [4.69, 9.17) is 9.47 Å². The number of carbonyl (C=O) groups excluding carboxylic acids is 1. The third kappa shape index (κ3) is 4.95. The summed E-state index contributed by atoms with van der Waals surface area (Å²) in [5.74, 6) is 0.0291. The number of hydrogen-bond acceptors (Lipinski definition) is 7. The predicted octanol–water partition coefficient (Wildman–Crippen LogP) is 2.53. The van der Waals surface area contributed by atoms with E-state index < -0.39 is 16.0 Å². The van der Waals surface area contributed by atoms with Crippen LogP contribution < -0.4 is 9.46 Å². The van der Waals surface area contributed by atoms with Crippen LogP contribution >= 0.6 is 0 Å². The van der Waals surface area contributed by atoms with E-state index in [1.807, 2.05) is 31.2 Å². The third-order valence-corrected chi connectivity index (χ3v) is 5.38. The highest BCUT2D eigenvalue weighted by atomic mass is 32.2. The van der Waals surface area contributed by atoms with E-state index in [0.717, 1.165) is 11.1 Å². The molecule has 0 saturated heterocycles. The van der Waals surface area contributed by atoms with Crippen molar-refractivity contribution in [2.45, 2.75) is 18.9 Å². The quantitative estimate of drug-likeness (QED) is 0.432. The number of pyridine rings is 1. The van der Waals surface area contributed by atoms with Crippen molar-refractivity contribution >= 4 is 21.8 Å². The second-order valence-corrected chi connectivity index (χ2v) is 8.11. The molecule has 0 aliphatic carbocycles. The number of rotatable bonds is 8. The van der Waals surface area contributed by atoms with Crippen LogP contribution in [-0.4, -0.2) is 42.4 Å². The maximum Gasteiger partial charge on any atom is 0.302 e. The summed E-state index contributed by atoms with van der Waals surface area (Å²) in [4.78, 5) is 14.9. The SMILES string of the molecule is CC(=O)OCCOc1nn(C)c(NS(=O)(=O)c2ccccn2)c1-c1ccc(C)cc1. The molecule has 0 aliphatic heterocycles. The zero-order chi connectivity index (χ0) is 21.7. The van der Waals surface area contributed by atoms with Gasteiger partial charge in [-0.3, -0.25) is 9.52 Å². The monoisotopic (exact) mass is 430 g/mol. The number of aryl methyl sites for hydroxylation is 2. The molecule has 30 heavy (non-hydrogen) atoms. The number of anilines is 1. The van der Waals surface area contributed by atoms with E-state index in [2.05, 4.69) is 14.8 Å². The number of carbonyl (C=O) groups is 1.